The molecule has 2 aromatic carbocycles. The Balaban J connectivity index is 2.30. The number of halogens is 4. The fourth-order valence-corrected chi connectivity index (χ4v) is 5.92. The van der Waals surface area contributed by atoms with Crippen molar-refractivity contribution in [2.24, 2.45) is 0 Å². The van der Waals surface area contributed by atoms with Crippen molar-refractivity contribution >= 4 is 96.3 Å². The van der Waals surface area contributed by atoms with Crippen molar-refractivity contribution in [3.05, 3.63) is 44.1 Å². The van der Waals surface area contributed by atoms with Gasteiger partial charge < -0.3 is 20.3 Å². The smallest absolute Gasteiger partial charge is 0.321 e. The zero-order valence-corrected chi connectivity index (χ0v) is 21.4. The van der Waals surface area contributed by atoms with Gasteiger partial charge in [-0.05, 0) is 134 Å². The number of likely N-dealkylation sites (N-methyl/N-ethyl adjacent to an activating group) is 1. The van der Waals surface area contributed by atoms with Crippen LogP contribution in [0.4, 0.5) is 0 Å². The molecule has 0 amide bonds. The number of aliphatic carboxylic acids is 1. The molecule has 134 valence electrons. The van der Waals surface area contributed by atoms with Crippen LogP contribution < -0.4 is 10.1 Å². The molecule has 2 aromatic rings. The van der Waals surface area contributed by atoms with Gasteiger partial charge in [0.15, 0.2) is 5.75 Å². The molecule has 0 bridgehead atoms. The number of rotatable bonds is 6. The van der Waals surface area contributed by atoms with Gasteiger partial charge in [-0.15, -0.1) is 0 Å². The third-order valence-corrected chi connectivity index (χ3v) is 6.60. The van der Waals surface area contributed by atoms with E-state index in [2.05, 4.69) is 95.7 Å². The Morgan fingerprint density at radius 2 is 1.60 bits per heavy atom. The van der Waals surface area contributed by atoms with E-state index < -0.39 is 12.0 Å². The van der Waals surface area contributed by atoms with Crippen molar-refractivity contribution in [1.82, 2.24) is 5.32 Å². The van der Waals surface area contributed by atoms with Gasteiger partial charge in [-0.25, -0.2) is 0 Å². The maximum atomic E-state index is 11.2. The number of phenols is 1. The van der Waals surface area contributed by atoms with Crippen LogP contribution in [0.1, 0.15) is 5.56 Å². The van der Waals surface area contributed by atoms with Gasteiger partial charge in [0.25, 0.3) is 0 Å². The topological polar surface area (TPSA) is 78.8 Å². The van der Waals surface area contributed by atoms with Crippen molar-refractivity contribution in [3.63, 3.8) is 0 Å². The highest BCUT2D eigenvalue weighted by atomic mass is 127. The Morgan fingerprint density at radius 1 is 1.08 bits per heavy atom. The monoisotopic (exact) mass is 791 g/mol. The SMILES string of the molecule is CN[C@@H](Cc1cc(I)c(Oc2cc(I)c(O)c(I)c2)c(I)c1)C(=O)O. The summed E-state index contributed by atoms with van der Waals surface area (Å²) < 4.78 is 9.27. The molecule has 0 spiro atoms. The van der Waals surface area contributed by atoms with Crippen molar-refractivity contribution in [2.75, 3.05) is 7.05 Å². The molecule has 0 fully saturated rings. The summed E-state index contributed by atoms with van der Waals surface area (Å²) >= 11 is 8.50. The molecule has 0 aliphatic rings. The minimum atomic E-state index is -0.874. The predicted molar refractivity (Wildman–Crippen MR) is 130 cm³/mol. The van der Waals surface area contributed by atoms with E-state index in [1.807, 2.05) is 12.1 Å². The number of hydrogen-bond acceptors (Lipinski definition) is 4. The summed E-state index contributed by atoms with van der Waals surface area (Å²) in [5.74, 6) is 0.744. The van der Waals surface area contributed by atoms with Crippen molar-refractivity contribution in [2.45, 2.75) is 12.5 Å². The number of aromatic hydroxyl groups is 1. The lowest BCUT2D eigenvalue weighted by Gasteiger charge is -2.15. The molecule has 0 aromatic heterocycles. The highest BCUT2D eigenvalue weighted by Gasteiger charge is 2.18. The second-order valence-electron chi connectivity index (χ2n) is 5.11. The van der Waals surface area contributed by atoms with Gasteiger partial charge in [-0.1, -0.05) is 0 Å². The average molecular weight is 791 g/mol. The summed E-state index contributed by atoms with van der Waals surface area (Å²) in [5.41, 5.74) is 0.928. The molecule has 0 radical (unpaired) electrons. The molecule has 0 aliphatic carbocycles. The molecule has 5 nitrogen and oxygen atoms in total. The van der Waals surface area contributed by atoms with Crippen LogP contribution in [0, 0.1) is 14.3 Å². The molecule has 0 heterocycles. The van der Waals surface area contributed by atoms with E-state index in [0.29, 0.717) is 12.2 Å². The van der Waals surface area contributed by atoms with Crippen molar-refractivity contribution in [1.29, 1.82) is 0 Å². The molecule has 0 saturated heterocycles. The number of nitrogens with one attached hydrogen (secondary N) is 1. The van der Waals surface area contributed by atoms with Crippen LogP contribution in [0.5, 0.6) is 17.2 Å². The lowest BCUT2D eigenvalue weighted by molar-refractivity contribution is -0.139. The van der Waals surface area contributed by atoms with Crippen LogP contribution in [0.25, 0.3) is 0 Å². The number of carboxylic acid groups (broad SMARTS) is 1. The predicted octanol–water partition coefficient (Wildman–Crippen LogP) is 4.82. The Bertz CT molecular complexity index is 767. The van der Waals surface area contributed by atoms with E-state index in [1.165, 1.54) is 0 Å². The summed E-state index contributed by atoms with van der Waals surface area (Å²) in [7, 11) is 1.64. The summed E-state index contributed by atoms with van der Waals surface area (Å²) in [6.07, 6.45) is 0.396. The van der Waals surface area contributed by atoms with Crippen LogP contribution in [0.2, 0.25) is 0 Å². The fraction of sp³-hybridized carbons (Fsp3) is 0.188. The summed E-state index contributed by atoms with van der Waals surface area (Å²) in [4.78, 5) is 11.2. The Morgan fingerprint density at radius 3 is 2.04 bits per heavy atom. The Kier molecular flexibility index (Phi) is 8.28. The zero-order valence-electron chi connectivity index (χ0n) is 12.8. The lowest BCUT2D eigenvalue weighted by Crippen LogP contribution is -2.35. The standard InChI is InChI=1S/C16H13I4NO4/c1-21-13(16(23)24)4-7-2-11(19)15(12(20)3-7)25-8-5-9(17)14(22)10(18)6-8/h2-3,5-6,13,21-22H,4H2,1H3,(H,23,24)/t13-/m0/s1. The van der Waals surface area contributed by atoms with Gasteiger partial charge in [-0.2, -0.15) is 0 Å². The summed E-state index contributed by atoms with van der Waals surface area (Å²) in [6.45, 7) is 0. The fourth-order valence-electron chi connectivity index (χ4n) is 2.10. The Labute approximate surface area is 199 Å². The van der Waals surface area contributed by atoms with E-state index in [1.54, 1.807) is 19.2 Å². The largest absolute Gasteiger partial charge is 0.506 e. The number of carboxylic acids is 1. The molecule has 0 aliphatic heterocycles. The van der Waals surface area contributed by atoms with Gasteiger partial charge in [0.2, 0.25) is 0 Å². The van der Waals surface area contributed by atoms with Crippen LogP contribution in [0.15, 0.2) is 24.3 Å². The van der Waals surface area contributed by atoms with Crippen molar-refractivity contribution in [3.8, 4) is 17.2 Å². The number of carbonyl (C=O) groups is 1. The maximum Gasteiger partial charge on any atom is 0.321 e. The van der Waals surface area contributed by atoms with Crippen LogP contribution >= 0.6 is 90.4 Å². The van der Waals surface area contributed by atoms with E-state index in [0.717, 1.165) is 25.6 Å². The number of hydrogen-bond donors (Lipinski definition) is 3. The quantitative estimate of drug-likeness (QED) is 0.367. The normalized spacial score (nSPS) is 12.0. The summed E-state index contributed by atoms with van der Waals surface area (Å²) in [6, 6.07) is 6.79. The highest BCUT2D eigenvalue weighted by Crippen LogP contribution is 2.36. The first kappa shape index (κ1) is 21.7. The van der Waals surface area contributed by atoms with Gasteiger partial charge in [-0.3, -0.25) is 4.79 Å². The number of ether oxygens (including phenoxy) is 1. The molecule has 9 heteroatoms. The first-order chi connectivity index (χ1) is 11.7. The molecular weight excluding hydrogens is 778 g/mol. The first-order valence-corrected chi connectivity index (χ1v) is 11.3. The van der Waals surface area contributed by atoms with Gasteiger partial charge >= 0.3 is 5.97 Å². The number of benzene rings is 2. The minimum absolute atomic E-state index is 0.250. The highest BCUT2D eigenvalue weighted by molar-refractivity contribution is 14.1. The van der Waals surface area contributed by atoms with Gasteiger partial charge in [0, 0.05) is 0 Å². The van der Waals surface area contributed by atoms with E-state index >= 15 is 0 Å². The molecule has 2 rings (SSSR count). The summed E-state index contributed by atoms with van der Waals surface area (Å²) in [5, 5.41) is 21.9. The minimum Gasteiger partial charge on any atom is -0.506 e. The second kappa shape index (κ2) is 9.54. The number of phenolic OH excluding ortho intramolecular Hbond substituents is 1. The third kappa shape index (κ3) is 5.68. The van der Waals surface area contributed by atoms with Crippen LogP contribution in [-0.4, -0.2) is 29.3 Å². The third-order valence-electron chi connectivity index (χ3n) is 3.35. The molecule has 1 atom stereocenters. The maximum absolute atomic E-state index is 11.2. The average Bonchev–Trinajstić information content (AvgIpc) is 2.53. The van der Waals surface area contributed by atoms with E-state index in [4.69, 9.17) is 4.74 Å². The van der Waals surface area contributed by atoms with Crippen molar-refractivity contribution < 1.29 is 19.7 Å². The first-order valence-electron chi connectivity index (χ1n) is 6.96. The Hall–Kier alpha value is 0.390. The van der Waals surface area contributed by atoms with Gasteiger partial charge in [0.1, 0.15) is 17.5 Å². The molecule has 0 unspecified atom stereocenters. The molecule has 3 N–H and O–H groups in total. The molecule has 25 heavy (non-hydrogen) atoms. The van der Waals surface area contributed by atoms with Crippen LogP contribution in [-0.2, 0) is 11.2 Å². The molecular formula is C16H13I4NO4. The lowest BCUT2D eigenvalue weighted by atomic mass is 10.1. The van der Waals surface area contributed by atoms with E-state index in [-0.39, 0.29) is 5.75 Å². The van der Waals surface area contributed by atoms with Crippen LogP contribution in [0.3, 0.4) is 0 Å². The van der Waals surface area contributed by atoms with Gasteiger partial charge in [0.05, 0.1) is 14.3 Å². The molecule has 0 saturated carbocycles. The van der Waals surface area contributed by atoms with E-state index in [9.17, 15) is 15.0 Å². The second-order valence-corrected chi connectivity index (χ2v) is 9.76. The zero-order chi connectivity index (χ0) is 18.7.